The van der Waals surface area contributed by atoms with Crippen LogP contribution in [-0.2, 0) is 0 Å². The minimum Gasteiger partial charge on any atom is -0.380 e. The molecule has 0 spiro atoms. The number of nitrogens with zero attached hydrogens (tertiary/aromatic N) is 1. The van der Waals surface area contributed by atoms with E-state index in [9.17, 15) is 4.39 Å². The van der Waals surface area contributed by atoms with Crippen LogP contribution in [0, 0.1) is 5.82 Å². The van der Waals surface area contributed by atoms with Crippen LogP contribution in [0.25, 0.3) is 0 Å². The number of hydrogen-bond acceptors (Lipinski definition) is 3. The van der Waals surface area contributed by atoms with Gasteiger partial charge in [-0.1, -0.05) is 12.1 Å². The van der Waals surface area contributed by atoms with Crippen molar-refractivity contribution in [2.75, 3.05) is 31.5 Å². The molecular weight excluding hydrogens is 229 g/mol. The van der Waals surface area contributed by atoms with Gasteiger partial charge in [-0.2, -0.15) is 0 Å². The monoisotopic (exact) mass is 249 g/mol. The van der Waals surface area contributed by atoms with Crippen LogP contribution in [0.1, 0.15) is 24.9 Å². The topological polar surface area (TPSA) is 27.3 Å². The zero-order valence-electron chi connectivity index (χ0n) is 10.7. The SMILES string of the molecule is CC1CC(N2CCNCC2)c2cccc(F)c2N1. The summed E-state index contributed by atoms with van der Waals surface area (Å²) in [6, 6.07) is 6.10. The summed E-state index contributed by atoms with van der Waals surface area (Å²) in [6.07, 6.45) is 1.05. The summed E-state index contributed by atoms with van der Waals surface area (Å²) >= 11 is 0. The third kappa shape index (κ3) is 2.10. The second-order valence-electron chi connectivity index (χ2n) is 5.29. The molecule has 0 amide bonds. The van der Waals surface area contributed by atoms with Crippen molar-refractivity contribution in [1.29, 1.82) is 0 Å². The molecule has 3 nitrogen and oxygen atoms in total. The van der Waals surface area contributed by atoms with Gasteiger partial charge in [0.2, 0.25) is 0 Å². The van der Waals surface area contributed by atoms with E-state index in [4.69, 9.17) is 0 Å². The van der Waals surface area contributed by atoms with Gasteiger partial charge in [0.15, 0.2) is 0 Å². The summed E-state index contributed by atoms with van der Waals surface area (Å²) in [5.74, 6) is -0.126. The Bertz CT molecular complexity index is 429. The first-order chi connectivity index (χ1) is 8.75. The van der Waals surface area contributed by atoms with Crippen molar-refractivity contribution < 1.29 is 4.39 Å². The number of fused-ring (bicyclic) bond motifs is 1. The zero-order valence-corrected chi connectivity index (χ0v) is 10.7. The number of para-hydroxylation sites is 1. The lowest BCUT2D eigenvalue weighted by Gasteiger charge is -2.40. The molecule has 1 aromatic rings. The van der Waals surface area contributed by atoms with Crippen molar-refractivity contribution in [3.63, 3.8) is 0 Å². The Balaban J connectivity index is 1.94. The van der Waals surface area contributed by atoms with E-state index in [0.29, 0.717) is 17.8 Å². The van der Waals surface area contributed by atoms with Crippen LogP contribution in [0.15, 0.2) is 18.2 Å². The zero-order chi connectivity index (χ0) is 12.5. The molecule has 2 unspecified atom stereocenters. The predicted octanol–water partition coefficient (Wildman–Crippen LogP) is 1.98. The number of nitrogens with one attached hydrogen (secondary N) is 2. The predicted molar refractivity (Wildman–Crippen MR) is 71.3 cm³/mol. The third-order valence-corrected chi connectivity index (χ3v) is 3.96. The number of piperazine rings is 1. The summed E-state index contributed by atoms with van der Waals surface area (Å²) in [4.78, 5) is 2.48. The second kappa shape index (κ2) is 4.86. The van der Waals surface area contributed by atoms with Crippen LogP contribution < -0.4 is 10.6 Å². The number of halogens is 1. The minimum atomic E-state index is -0.126. The maximum atomic E-state index is 13.9. The van der Waals surface area contributed by atoms with Crippen LogP contribution >= 0.6 is 0 Å². The van der Waals surface area contributed by atoms with Gasteiger partial charge in [0.1, 0.15) is 5.82 Å². The average molecular weight is 249 g/mol. The molecule has 3 rings (SSSR count). The summed E-state index contributed by atoms with van der Waals surface area (Å²) in [7, 11) is 0. The Morgan fingerprint density at radius 2 is 2.06 bits per heavy atom. The van der Waals surface area contributed by atoms with Gasteiger partial charge < -0.3 is 10.6 Å². The van der Waals surface area contributed by atoms with Crippen LogP contribution in [0.2, 0.25) is 0 Å². The van der Waals surface area contributed by atoms with Crippen LogP contribution in [0.3, 0.4) is 0 Å². The molecular formula is C14H20FN3. The van der Waals surface area contributed by atoms with E-state index in [1.807, 2.05) is 6.07 Å². The van der Waals surface area contributed by atoms with E-state index in [0.717, 1.165) is 38.2 Å². The molecule has 0 aromatic heterocycles. The number of rotatable bonds is 1. The first-order valence-electron chi connectivity index (χ1n) is 6.75. The lowest BCUT2D eigenvalue weighted by atomic mass is 9.91. The first kappa shape index (κ1) is 11.9. The van der Waals surface area contributed by atoms with Gasteiger partial charge in [0.25, 0.3) is 0 Å². The van der Waals surface area contributed by atoms with Gasteiger partial charge in [-0.3, -0.25) is 4.90 Å². The first-order valence-corrected chi connectivity index (χ1v) is 6.75. The van der Waals surface area contributed by atoms with Gasteiger partial charge in [0.05, 0.1) is 5.69 Å². The molecule has 0 radical (unpaired) electrons. The minimum absolute atomic E-state index is 0.126. The highest BCUT2D eigenvalue weighted by atomic mass is 19.1. The van der Waals surface area contributed by atoms with Gasteiger partial charge >= 0.3 is 0 Å². The Morgan fingerprint density at radius 3 is 2.83 bits per heavy atom. The van der Waals surface area contributed by atoms with E-state index in [1.165, 1.54) is 0 Å². The Labute approximate surface area is 107 Å². The molecule has 2 atom stereocenters. The summed E-state index contributed by atoms with van der Waals surface area (Å²) in [5, 5.41) is 6.65. The highest BCUT2D eigenvalue weighted by Gasteiger charge is 2.30. The lowest BCUT2D eigenvalue weighted by molar-refractivity contribution is 0.158. The Morgan fingerprint density at radius 1 is 1.28 bits per heavy atom. The molecule has 0 saturated carbocycles. The average Bonchev–Trinajstić information content (AvgIpc) is 2.40. The summed E-state index contributed by atoms with van der Waals surface area (Å²) in [5.41, 5.74) is 1.83. The molecule has 2 heterocycles. The fourth-order valence-electron chi connectivity index (χ4n) is 3.08. The fraction of sp³-hybridized carbons (Fsp3) is 0.571. The largest absolute Gasteiger partial charge is 0.380 e. The van der Waals surface area contributed by atoms with Crippen LogP contribution in [0.4, 0.5) is 10.1 Å². The molecule has 4 heteroatoms. The standard InChI is InChI=1S/C14H20FN3/c1-10-9-13(18-7-5-16-6-8-18)11-3-2-4-12(15)14(11)17-10/h2-4,10,13,16-17H,5-9H2,1H3. The van der Waals surface area contributed by atoms with E-state index in [-0.39, 0.29) is 5.82 Å². The maximum absolute atomic E-state index is 13.9. The number of hydrogen-bond donors (Lipinski definition) is 2. The number of anilines is 1. The van der Waals surface area contributed by atoms with E-state index in [1.54, 1.807) is 6.07 Å². The summed E-state index contributed by atoms with van der Waals surface area (Å²) in [6.45, 7) is 6.29. The normalized spacial score (nSPS) is 28.6. The van der Waals surface area contributed by atoms with Gasteiger partial charge in [-0.15, -0.1) is 0 Å². The van der Waals surface area contributed by atoms with Crippen LogP contribution in [0.5, 0.6) is 0 Å². The van der Waals surface area contributed by atoms with Crippen molar-refractivity contribution >= 4 is 5.69 Å². The van der Waals surface area contributed by atoms with E-state index in [2.05, 4.69) is 28.5 Å². The Kier molecular flexibility index (Phi) is 3.22. The van der Waals surface area contributed by atoms with E-state index >= 15 is 0 Å². The quantitative estimate of drug-likeness (QED) is 0.797. The van der Waals surface area contributed by atoms with Gasteiger partial charge in [-0.05, 0) is 25.0 Å². The van der Waals surface area contributed by atoms with Crippen molar-refractivity contribution in [3.05, 3.63) is 29.6 Å². The molecule has 1 saturated heterocycles. The summed E-state index contributed by atoms with van der Waals surface area (Å²) < 4.78 is 13.9. The molecule has 2 aliphatic rings. The fourth-order valence-corrected chi connectivity index (χ4v) is 3.08. The second-order valence-corrected chi connectivity index (χ2v) is 5.29. The molecule has 18 heavy (non-hydrogen) atoms. The highest BCUT2D eigenvalue weighted by Crippen LogP contribution is 2.37. The molecule has 0 aliphatic carbocycles. The van der Waals surface area contributed by atoms with Crippen molar-refractivity contribution in [3.8, 4) is 0 Å². The highest BCUT2D eigenvalue weighted by molar-refractivity contribution is 5.56. The Hall–Kier alpha value is -1.13. The van der Waals surface area contributed by atoms with Crippen LogP contribution in [-0.4, -0.2) is 37.1 Å². The molecule has 1 aromatic carbocycles. The smallest absolute Gasteiger partial charge is 0.146 e. The molecule has 0 bridgehead atoms. The van der Waals surface area contributed by atoms with Gasteiger partial charge in [0, 0.05) is 38.3 Å². The third-order valence-electron chi connectivity index (χ3n) is 3.96. The van der Waals surface area contributed by atoms with Crippen molar-refractivity contribution in [1.82, 2.24) is 10.2 Å². The molecule has 98 valence electrons. The van der Waals surface area contributed by atoms with Gasteiger partial charge in [-0.25, -0.2) is 4.39 Å². The van der Waals surface area contributed by atoms with Crippen molar-refractivity contribution in [2.24, 2.45) is 0 Å². The molecule has 2 aliphatic heterocycles. The number of benzene rings is 1. The molecule has 1 fully saturated rings. The maximum Gasteiger partial charge on any atom is 0.146 e. The van der Waals surface area contributed by atoms with E-state index < -0.39 is 0 Å². The van der Waals surface area contributed by atoms with Crippen molar-refractivity contribution in [2.45, 2.75) is 25.4 Å². The molecule has 2 N–H and O–H groups in total. The lowest BCUT2D eigenvalue weighted by Crippen LogP contribution is -2.47.